The van der Waals surface area contributed by atoms with Gasteiger partial charge in [0, 0.05) is 38.1 Å². The minimum absolute atomic E-state index is 0. The molecular formula is C23H41IN4O2. The molecular weight excluding hydrogens is 491 g/mol. The zero-order valence-corrected chi connectivity index (χ0v) is 21.9. The second-order valence-electron chi connectivity index (χ2n) is 8.49. The number of methoxy groups -OCH3 is 2. The highest BCUT2D eigenvalue weighted by Crippen LogP contribution is 2.32. The molecule has 1 heterocycles. The van der Waals surface area contributed by atoms with Gasteiger partial charge < -0.3 is 25.0 Å². The van der Waals surface area contributed by atoms with E-state index in [4.69, 9.17) is 9.47 Å². The van der Waals surface area contributed by atoms with Gasteiger partial charge in [0.2, 0.25) is 0 Å². The lowest BCUT2D eigenvalue weighted by Gasteiger charge is -2.34. The molecule has 1 fully saturated rings. The van der Waals surface area contributed by atoms with Gasteiger partial charge in [-0.3, -0.25) is 4.99 Å². The van der Waals surface area contributed by atoms with Crippen molar-refractivity contribution in [3.05, 3.63) is 23.8 Å². The first kappa shape index (κ1) is 26.8. The van der Waals surface area contributed by atoms with Gasteiger partial charge in [0.25, 0.3) is 0 Å². The summed E-state index contributed by atoms with van der Waals surface area (Å²) in [6.07, 6.45) is 4.91. The molecule has 1 aromatic carbocycles. The Kier molecular flexibility index (Phi) is 11.8. The second kappa shape index (κ2) is 13.2. The van der Waals surface area contributed by atoms with Crippen molar-refractivity contribution in [1.82, 2.24) is 15.5 Å². The minimum atomic E-state index is -0.0827. The van der Waals surface area contributed by atoms with Crippen LogP contribution in [0, 0.1) is 0 Å². The first-order valence-corrected chi connectivity index (χ1v) is 10.9. The number of nitrogens with zero attached hydrogens (tertiary/aromatic N) is 2. The van der Waals surface area contributed by atoms with Crippen LogP contribution in [0.1, 0.15) is 52.0 Å². The molecule has 0 radical (unpaired) electrons. The number of benzene rings is 1. The molecule has 0 saturated carbocycles. The van der Waals surface area contributed by atoms with Crippen molar-refractivity contribution in [2.45, 2.75) is 57.9 Å². The molecule has 0 aliphatic carbocycles. The molecule has 0 aromatic heterocycles. The number of likely N-dealkylation sites (tertiary alicyclic amines) is 1. The Labute approximate surface area is 200 Å². The summed E-state index contributed by atoms with van der Waals surface area (Å²) in [7, 11) is 5.18. The van der Waals surface area contributed by atoms with Crippen LogP contribution in [0.5, 0.6) is 11.5 Å². The van der Waals surface area contributed by atoms with E-state index in [2.05, 4.69) is 53.4 Å². The van der Waals surface area contributed by atoms with Crippen LogP contribution in [0.25, 0.3) is 0 Å². The van der Waals surface area contributed by atoms with Gasteiger partial charge in [-0.1, -0.05) is 33.3 Å². The third-order valence-electron chi connectivity index (χ3n) is 5.84. The summed E-state index contributed by atoms with van der Waals surface area (Å²) in [6.45, 7) is 11.1. The van der Waals surface area contributed by atoms with E-state index in [0.717, 1.165) is 24.0 Å². The maximum atomic E-state index is 5.47. The highest BCUT2D eigenvalue weighted by molar-refractivity contribution is 14.0. The Balaban J connectivity index is 0.00000450. The van der Waals surface area contributed by atoms with Gasteiger partial charge in [0.1, 0.15) is 0 Å². The molecule has 0 amide bonds. The van der Waals surface area contributed by atoms with Crippen molar-refractivity contribution in [1.29, 1.82) is 0 Å². The topological polar surface area (TPSA) is 58.1 Å². The number of halogens is 1. The Morgan fingerprint density at radius 3 is 2.40 bits per heavy atom. The third kappa shape index (κ3) is 7.80. The molecule has 1 aromatic rings. The van der Waals surface area contributed by atoms with E-state index in [1.54, 1.807) is 14.2 Å². The zero-order chi connectivity index (χ0) is 21.3. The van der Waals surface area contributed by atoms with Crippen molar-refractivity contribution < 1.29 is 9.47 Å². The zero-order valence-electron chi connectivity index (χ0n) is 19.6. The van der Waals surface area contributed by atoms with Gasteiger partial charge in [0.05, 0.1) is 14.2 Å². The Hall–Kier alpha value is -1.22. The number of unbranched alkanes of at least 4 members (excludes halogenated alkanes) is 1. The van der Waals surface area contributed by atoms with Crippen LogP contribution >= 0.6 is 24.0 Å². The molecule has 1 aliphatic heterocycles. The van der Waals surface area contributed by atoms with Gasteiger partial charge in [-0.2, -0.15) is 0 Å². The predicted molar refractivity (Wildman–Crippen MR) is 137 cm³/mol. The Bertz CT molecular complexity index is 659. The predicted octanol–water partition coefficient (Wildman–Crippen LogP) is 4.03. The molecule has 0 atom stereocenters. The molecule has 30 heavy (non-hydrogen) atoms. The van der Waals surface area contributed by atoms with Crippen molar-refractivity contribution >= 4 is 29.9 Å². The average molecular weight is 533 g/mol. The smallest absolute Gasteiger partial charge is 0.191 e. The quantitative estimate of drug-likeness (QED) is 0.286. The molecule has 2 N–H and O–H groups in total. The molecule has 0 unspecified atom stereocenters. The normalized spacial score (nSPS) is 16.0. The maximum absolute atomic E-state index is 5.47. The number of piperidine rings is 1. The highest BCUT2D eigenvalue weighted by Gasteiger charge is 2.24. The first-order chi connectivity index (χ1) is 13.9. The SMILES string of the molecule is CCCCN1CCC(NC(=NC)NCC(C)(C)c2ccc(OC)c(OC)c2)CC1.I. The van der Waals surface area contributed by atoms with E-state index < -0.39 is 0 Å². The van der Waals surface area contributed by atoms with Crippen molar-refractivity contribution in [2.24, 2.45) is 4.99 Å². The number of guanidine groups is 1. The standard InChI is InChI=1S/C23H40N4O2.HI/c1-7-8-13-27-14-11-19(12-15-27)26-22(24-4)25-17-23(2,3)18-9-10-20(28-5)21(16-18)29-6;/h9-10,16,19H,7-8,11-15,17H2,1-6H3,(H2,24,25,26);1H. The number of ether oxygens (including phenoxy) is 2. The minimum Gasteiger partial charge on any atom is -0.493 e. The molecule has 0 bridgehead atoms. The lowest BCUT2D eigenvalue weighted by atomic mass is 9.84. The van der Waals surface area contributed by atoms with Crippen molar-refractivity contribution in [2.75, 3.05) is 47.4 Å². The molecule has 1 saturated heterocycles. The largest absolute Gasteiger partial charge is 0.493 e. The fourth-order valence-corrected chi connectivity index (χ4v) is 3.73. The monoisotopic (exact) mass is 532 g/mol. The summed E-state index contributed by atoms with van der Waals surface area (Å²) in [6, 6.07) is 6.62. The van der Waals surface area contributed by atoms with Gasteiger partial charge in [-0.25, -0.2) is 0 Å². The van der Waals surface area contributed by atoms with Gasteiger partial charge >= 0.3 is 0 Å². The first-order valence-electron chi connectivity index (χ1n) is 10.9. The van der Waals surface area contributed by atoms with Crippen molar-refractivity contribution in [3.63, 3.8) is 0 Å². The van der Waals surface area contributed by atoms with Crippen LogP contribution in [-0.4, -0.2) is 64.3 Å². The second-order valence-corrected chi connectivity index (χ2v) is 8.49. The Morgan fingerprint density at radius 1 is 1.17 bits per heavy atom. The number of rotatable bonds is 9. The van der Waals surface area contributed by atoms with Gasteiger partial charge in [-0.15, -0.1) is 24.0 Å². The van der Waals surface area contributed by atoms with Gasteiger partial charge in [0.15, 0.2) is 17.5 Å². The summed E-state index contributed by atoms with van der Waals surface area (Å²) in [4.78, 5) is 7.03. The van der Waals surface area contributed by atoms with Crippen LogP contribution in [0.3, 0.4) is 0 Å². The number of nitrogens with one attached hydrogen (secondary N) is 2. The van der Waals surface area contributed by atoms with Crippen LogP contribution < -0.4 is 20.1 Å². The van der Waals surface area contributed by atoms with E-state index in [-0.39, 0.29) is 29.4 Å². The molecule has 6 nitrogen and oxygen atoms in total. The van der Waals surface area contributed by atoms with E-state index >= 15 is 0 Å². The fraction of sp³-hybridized carbons (Fsp3) is 0.696. The summed E-state index contributed by atoms with van der Waals surface area (Å²) >= 11 is 0. The number of hydrogen-bond acceptors (Lipinski definition) is 4. The van der Waals surface area contributed by atoms with E-state index in [9.17, 15) is 0 Å². The van der Waals surface area contributed by atoms with Crippen LogP contribution in [0.4, 0.5) is 0 Å². The lowest BCUT2D eigenvalue weighted by molar-refractivity contribution is 0.203. The number of aliphatic imine (C=N–C) groups is 1. The van der Waals surface area contributed by atoms with Crippen LogP contribution in [-0.2, 0) is 5.41 Å². The van der Waals surface area contributed by atoms with Crippen molar-refractivity contribution in [3.8, 4) is 11.5 Å². The maximum Gasteiger partial charge on any atom is 0.191 e. The van der Waals surface area contributed by atoms with Gasteiger partial charge in [-0.05, 0) is 43.5 Å². The van der Waals surface area contributed by atoms with E-state index in [0.29, 0.717) is 6.04 Å². The summed E-state index contributed by atoms with van der Waals surface area (Å²) < 4.78 is 10.8. The summed E-state index contributed by atoms with van der Waals surface area (Å²) in [5, 5.41) is 7.13. The number of hydrogen-bond donors (Lipinski definition) is 2. The molecule has 0 spiro atoms. The fourth-order valence-electron chi connectivity index (χ4n) is 3.73. The van der Waals surface area contributed by atoms with Crippen LogP contribution in [0.2, 0.25) is 0 Å². The van der Waals surface area contributed by atoms with E-state index in [1.165, 1.54) is 50.9 Å². The molecule has 2 rings (SSSR count). The third-order valence-corrected chi connectivity index (χ3v) is 5.84. The molecule has 172 valence electrons. The Morgan fingerprint density at radius 2 is 1.83 bits per heavy atom. The lowest BCUT2D eigenvalue weighted by Crippen LogP contribution is -2.50. The summed E-state index contributed by atoms with van der Waals surface area (Å²) in [5.74, 6) is 2.39. The highest BCUT2D eigenvalue weighted by atomic mass is 127. The summed E-state index contributed by atoms with van der Waals surface area (Å²) in [5.41, 5.74) is 1.11. The molecule has 1 aliphatic rings. The molecule has 7 heteroatoms. The van der Waals surface area contributed by atoms with E-state index in [1.807, 2.05) is 13.1 Å². The average Bonchev–Trinajstić information content (AvgIpc) is 2.75. The van der Waals surface area contributed by atoms with Crippen LogP contribution in [0.15, 0.2) is 23.2 Å².